The molecule has 1 amide bonds. The van der Waals surface area contributed by atoms with Gasteiger partial charge in [0.2, 0.25) is 0 Å². The summed E-state index contributed by atoms with van der Waals surface area (Å²) < 4.78 is 46.5. The van der Waals surface area contributed by atoms with Crippen molar-refractivity contribution in [3.8, 4) is 23.0 Å². The Bertz CT molecular complexity index is 1040. The molecule has 5 rings (SSSR count). The van der Waals surface area contributed by atoms with Crippen molar-refractivity contribution in [2.75, 3.05) is 26.9 Å². The molecular weight excluding hydrogens is 420 g/mol. The number of rotatable bonds is 4. The fraction of sp³-hybridized carbons (Fsp3) is 0.458. The molecule has 6 nitrogen and oxygen atoms in total. The summed E-state index contributed by atoms with van der Waals surface area (Å²) in [5.41, 5.74) is 2.58. The number of halogens is 2. The number of carbonyl (C=O) groups excluding carboxylic acids is 1. The van der Waals surface area contributed by atoms with Gasteiger partial charge in [0.25, 0.3) is 5.91 Å². The topological polar surface area (TPSA) is 57.2 Å². The average molecular weight is 445 g/mol. The highest BCUT2D eigenvalue weighted by molar-refractivity contribution is 5.95. The molecule has 2 aromatic carbocycles. The Morgan fingerprint density at radius 2 is 1.78 bits per heavy atom. The molecule has 2 heterocycles. The first-order chi connectivity index (χ1) is 15.5. The minimum atomic E-state index is -2.97. The van der Waals surface area contributed by atoms with Crippen LogP contribution in [0, 0.1) is 0 Å². The van der Waals surface area contributed by atoms with Crippen LogP contribution in [0.4, 0.5) is 8.78 Å². The SMILES string of the molecule is COc1cc(C(=O)N2Cc3cc4c(cc3C3(CCCC3)C2)OCCO4)ccc1OC(F)F. The maximum Gasteiger partial charge on any atom is 0.387 e. The van der Waals surface area contributed by atoms with E-state index in [2.05, 4.69) is 10.8 Å². The largest absolute Gasteiger partial charge is 0.493 e. The van der Waals surface area contributed by atoms with Gasteiger partial charge in [0.1, 0.15) is 13.2 Å². The number of amides is 1. The van der Waals surface area contributed by atoms with Gasteiger partial charge < -0.3 is 23.8 Å². The van der Waals surface area contributed by atoms with Crippen LogP contribution >= 0.6 is 0 Å². The van der Waals surface area contributed by atoms with Crippen LogP contribution in [0.5, 0.6) is 23.0 Å². The van der Waals surface area contributed by atoms with Gasteiger partial charge in [-0.2, -0.15) is 8.78 Å². The summed E-state index contributed by atoms with van der Waals surface area (Å²) in [4.78, 5) is 15.3. The average Bonchev–Trinajstić information content (AvgIpc) is 3.26. The van der Waals surface area contributed by atoms with Gasteiger partial charge in [-0.3, -0.25) is 4.79 Å². The molecule has 0 aromatic heterocycles. The maximum absolute atomic E-state index is 13.5. The third-order valence-electron chi connectivity index (χ3n) is 6.67. The molecule has 170 valence electrons. The lowest BCUT2D eigenvalue weighted by Crippen LogP contribution is -2.46. The summed E-state index contributed by atoms with van der Waals surface area (Å²) in [6.45, 7) is -0.869. The van der Waals surface area contributed by atoms with E-state index in [1.807, 2.05) is 11.0 Å². The van der Waals surface area contributed by atoms with Gasteiger partial charge in [-0.1, -0.05) is 12.8 Å². The number of nitrogens with zero attached hydrogens (tertiary/aromatic N) is 1. The maximum atomic E-state index is 13.5. The van der Waals surface area contributed by atoms with Crippen molar-refractivity contribution in [2.24, 2.45) is 0 Å². The lowest BCUT2D eigenvalue weighted by Gasteiger charge is -2.43. The zero-order chi connectivity index (χ0) is 22.3. The van der Waals surface area contributed by atoms with E-state index in [0.717, 1.165) is 37.0 Å². The standard InChI is InChI=1S/C24H25F2NO5/c1-29-19-10-15(4-5-18(19)32-23(25)26)22(28)27-13-16-11-20-21(31-9-8-30-20)12-17(16)24(14-27)6-2-3-7-24/h4-5,10-12,23H,2-3,6-9,13-14H2,1H3. The number of alkyl halides is 2. The molecule has 0 saturated heterocycles. The molecule has 3 aliphatic rings. The van der Waals surface area contributed by atoms with E-state index in [4.69, 9.17) is 14.2 Å². The molecule has 0 radical (unpaired) electrons. The summed E-state index contributed by atoms with van der Waals surface area (Å²) in [5, 5.41) is 0. The van der Waals surface area contributed by atoms with E-state index in [1.165, 1.54) is 30.9 Å². The second kappa shape index (κ2) is 8.15. The van der Waals surface area contributed by atoms with Gasteiger partial charge in [0.15, 0.2) is 23.0 Å². The Hall–Kier alpha value is -3.03. The molecule has 32 heavy (non-hydrogen) atoms. The van der Waals surface area contributed by atoms with Crippen molar-refractivity contribution in [3.05, 3.63) is 47.0 Å². The van der Waals surface area contributed by atoms with E-state index in [1.54, 1.807) is 0 Å². The van der Waals surface area contributed by atoms with E-state index in [0.29, 0.717) is 37.6 Å². The van der Waals surface area contributed by atoms with Gasteiger partial charge in [-0.05, 0) is 54.3 Å². The third-order valence-corrected chi connectivity index (χ3v) is 6.67. The Labute approximate surface area is 185 Å². The molecule has 8 heteroatoms. The highest BCUT2D eigenvalue weighted by Gasteiger charge is 2.44. The first kappa shape index (κ1) is 20.8. The molecule has 0 N–H and O–H groups in total. The number of hydrogen-bond acceptors (Lipinski definition) is 5. The number of ether oxygens (including phenoxy) is 4. The molecule has 1 spiro atoms. The normalized spacial score (nSPS) is 18.6. The summed E-state index contributed by atoms with van der Waals surface area (Å²) in [7, 11) is 1.36. The summed E-state index contributed by atoms with van der Waals surface area (Å²) in [6.07, 6.45) is 4.24. The van der Waals surface area contributed by atoms with E-state index < -0.39 is 6.61 Å². The van der Waals surface area contributed by atoms with Gasteiger partial charge in [0.05, 0.1) is 7.11 Å². The lowest BCUT2D eigenvalue weighted by molar-refractivity contribution is -0.0512. The van der Waals surface area contributed by atoms with Gasteiger partial charge in [-0.25, -0.2) is 0 Å². The van der Waals surface area contributed by atoms with Crippen molar-refractivity contribution in [1.82, 2.24) is 4.90 Å². The number of hydrogen-bond donors (Lipinski definition) is 0. The summed E-state index contributed by atoms with van der Waals surface area (Å²) in [5.74, 6) is 1.33. The summed E-state index contributed by atoms with van der Waals surface area (Å²) in [6, 6.07) is 8.42. The van der Waals surface area contributed by atoms with Crippen LogP contribution in [0.3, 0.4) is 0 Å². The Morgan fingerprint density at radius 3 is 2.47 bits per heavy atom. The molecule has 0 unspecified atom stereocenters. The van der Waals surface area contributed by atoms with Crippen LogP contribution in [0.15, 0.2) is 30.3 Å². The lowest BCUT2D eigenvalue weighted by atomic mass is 9.73. The van der Waals surface area contributed by atoms with Gasteiger partial charge in [0, 0.05) is 24.1 Å². The van der Waals surface area contributed by atoms with Crippen LogP contribution < -0.4 is 18.9 Å². The smallest absolute Gasteiger partial charge is 0.387 e. The van der Waals surface area contributed by atoms with E-state index in [9.17, 15) is 13.6 Å². The zero-order valence-electron chi connectivity index (χ0n) is 17.9. The third kappa shape index (κ3) is 3.61. The fourth-order valence-electron chi connectivity index (χ4n) is 5.27. The highest BCUT2D eigenvalue weighted by atomic mass is 19.3. The predicted molar refractivity (Wildman–Crippen MR) is 112 cm³/mol. The van der Waals surface area contributed by atoms with Crippen LogP contribution in [0.25, 0.3) is 0 Å². The van der Waals surface area contributed by atoms with Crippen molar-refractivity contribution >= 4 is 5.91 Å². The van der Waals surface area contributed by atoms with E-state index >= 15 is 0 Å². The number of fused-ring (bicyclic) bond motifs is 3. The van der Waals surface area contributed by atoms with Crippen molar-refractivity contribution < 1.29 is 32.5 Å². The molecule has 2 aliphatic heterocycles. The van der Waals surface area contributed by atoms with Crippen LogP contribution in [0.2, 0.25) is 0 Å². The second-order valence-corrected chi connectivity index (χ2v) is 8.55. The van der Waals surface area contributed by atoms with Crippen LogP contribution in [0.1, 0.15) is 47.2 Å². The monoisotopic (exact) mass is 445 g/mol. The quantitative estimate of drug-likeness (QED) is 0.692. The van der Waals surface area contributed by atoms with Crippen LogP contribution in [-0.2, 0) is 12.0 Å². The number of methoxy groups -OCH3 is 1. The van der Waals surface area contributed by atoms with Crippen molar-refractivity contribution in [2.45, 2.75) is 44.3 Å². The molecule has 1 aliphatic carbocycles. The minimum Gasteiger partial charge on any atom is -0.493 e. The zero-order valence-corrected chi connectivity index (χ0v) is 17.9. The highest BCUT2D eigenvalue weighted by Crippen LogP contribution is 2.49. The number of benzene rings is 2. The van der Waals surface area contributed by atoms with Crippen LogP contribution in [-0.4, -0.2) is 44.3 Å². The molecular formula is C24H25F2NO5. The number of carbonyl (C=O) groups is 1. The molecule has 0 bridgehead atoms. The molecule has 2 aromatic rings. The Balaban J connectivity index is 1.48. The second-order valence-electron chi connectivity index (χ2n) is 8.55. The van der Waals surface area contributed by atoms with Crippen molar-refractivity contribution in [1.29, 1.82) is 0 Å². The van der Waals surface area contributed by atoms with E-state index in [-0.39, 0.29) is 22.8 Å². The Morgan fingerprint density at radius 1 is 1.06 bits per heavy atom. The summed E-state index contributed by atoms with van der Waals surface area (Å²) >= 11 is 0. The van der Waals surface area contributed by atoms with Gasteiger partial charge in [-0.15, -0.1) is 0 Å². The first-order valence-electron chi connectivity index (χ1n) is 10.8. The minimum absolute atomic E-state index is 0.0981. The van der Waals surface area contributed by atoms with Gasteiger partial charge >= 0.3 is 6.61 Å². The van der Waals surface area contributed by atoms with Crippen molar-refractivity contribution in [3.63, 3.8) is 0 Å². The fourth-order valence-corrected chi connectivity index (χ4v) is 5.27. The molecule has 1 fully saturated rings. The predicted octanol–water partition coefficient (Wildman–Crippen LogP) is 4.54. The molecule has 0 atom stereocenters. The Kier molecular flexibility index (Phi) is 5.31. The molecule has 1 saturated carbocycles. The first-order valence-corrected chi connectivity index (χ1v) is 10.8.